The van der Waals surface area contributed by atoms with E-state index in [1.165, 1.54) is 4.57 Å². The number of aromatic amines is 1. The molecule has 3 N–H and O–H groups in total. The lowest BCUT2D eigenvalue weighted by Gasteiger charge is -2.09. The molecule has 3 aromatic carbocycles. The van der Waals surface area contributed by atoms with Gasteiger partial charge in [-0.25, -0.2) is 19.3 Å². The van der Waals surface area contributed by atoms with Gasteiger partial charge in [0.1, 0.15) is 17.9 Å². The number of benzene rings is 3. The second kappa shape index (κ2) is 8.90. The van der Waals surface area contributed by atoms with E-state index in [-0.39, 0.29) is 22.7 Å². The van der Waals surface area contributed by atoms with Gasteiger partial charge in [-0.1, -0.05) is 36.4 Å². The number of aryl methyl sites for hydroxylation is 2. The molecule has 174 valence electrons. The molecule has 0 aliphatic rings. The van der Waals surface area contributed by atoms with Crippen LogP contribution in [-0.4, -0.2) is 25.4 Å². The quantitative estimate of drug-likeness (QED) is 0.392. The lowest BCUT2D eigenvalue weighted by molar-refractivity contribution is 0.0997. The van der Waals surface area contributed by atoms with E-state index in [2.05, 4.69) is 15.0 Å². The normalized spacial score (nSPS) is 11.0. The van der Waals surface area contributed by atoms with Crippen molar-refractivity contribution in [1.82, 2.24) is 19.5 Å². The summed E-state index contributed by atoms with van der Waals surface area (Å²) in [6, 6.07) is 22.8. The van der Waals surface area contributed by atoms with E-state index >= 15 is 0 Å². The molecular weight excluding hydrogens is 442 g/mol. The van der Waals surface area contributed by atoms with Gasteiger partial charge in [0.2, 0.25) is 0 Å². The fraction of sp³-hybridized carbons (Fsp3) is 0.111. The molecule has 35 heavy (non-hydrogen) atoms. The van der Waals surface area contributed by atoms with E-state index in [9.17, 15) is 9.59 Å². The van der Waals surface area contributed by atoms with Crippen LogP contribution in [0.3, 0.4) is 0 Å². The first kappa shape index (κ1) is 22.1. The average Bonchev–Trinajstić information content (AvgIpc) is 3.20. The third-order valence-corrected chi connectivity index (χ3v) is 5.88. The summed E-state index contributed by atoms with van der Waals surface area (Å²) in [6.07, 6.45) is 0. The number of aromatic nitrogens is 4. The zero-order valence-corrected chi connectivity index (χ0v) is 19.3. The van der Waals surface area contributed by atoms with Crippen molar-refractivity contribution >= 4 is 17.1 Å². The molecule has 8 heteroatoms. The molecule has 0 bridgehead atoms. The van der Waals surface area contributed by atoms with Gasteiger partial charge in [0.05, 0.1) is 5.69 Å². The number of carbonyl (C=O) groups is 1. The molecule has 0 radical (unpaired) electrons. The number of hydrogen-bond donors (Lipinski definition) is 2. The van der Waals surface area contributed by atoms with Crippen LogP contribution in [0.15, 0.2) is 77.6 Å². The Morgan fingerprint density at radius 2 is 1.71 bits per heavy atom. The number of fused-ring (bicyclic) bond motifs is 1. The molecule has 0 unspecified atom stereocenters. The second-order valence-electron chi connectivity index (χ2n) is 8.29. The average molecular weight is 466 g/mol. The van der Waals surface area contributed by atoms with Gasteiger partial charge < -0.3 is 15.5 Å². The third kappa shape index (κ3) is 4.29. The lowest BCUT2D eigenvalue weighted by Crippen LogP contribution is -2.15. The minimum Gasteiger partial charge on any atom is -0.489 e. The van der Waals surface area contributed by atoms with Gasteiger partial charge in [-0.15, -0.1) is 0 Å². The van der Waals surface area contributed by atoms with Crippen molar-refractivity contribution in [3.8, 4) is 22.8 Å². The number of nitrogens with one attached hydrogen (secondary N) is 1. The van der Waals surface area contributed by atoms with Gasteiger partial charge in [0, 0.05) is 5.56 Å². The van der Waals surface area contributed by atoms with Crippen LogP contribution in [0.1, 0.15) is 27.2 Å². The maximum atomic E-state index is 12.9. The maximum Gasteiger partial charge on any atom is 0.332 e. The van der Waals surface area contributed by atoms with Crippen molar-refractivity contribution in [3.63, 3.8) is 0 Å². The highest BCUT2D eigenvalue weighted by Crippen LogP contribution is 2.25. The Balaban J connectivity index is 1.56. The summed E-state index contributed by atoms with van der Waals surface area (Å²) < 4.78 is 7.28. The van der Waals surface area contributed by atoms with Crippen molar-refractivity contribution in [2.75, 3.05) is 0 Å². The van der Waals surface area contributed by atoms with E-state index in [0.717, 1.165) is 16.7 Å². The number of nitrogens with two attached hydrogens (primary N) is 1. The van der Waals surface area contributed by atoms with Crippen LogP contribution in [0.2, 0.25) is 0 Å². The number of H-pyrrole nitrogens is 1. The van der Waals surface area contributed by atoms with Crippen LogP contribution < -0.4 is 16.2 Å². The number of carbonyl (C=O) groups excluding carboxylic acids is 1. The fourth-order valence-corrected chi connectivity index (χ4v) is 3.84. The molecule has 0 aliphatic heterocycles. The molecule has 0 saturated heterocycles. The first-order valence-corrected chi connectivity index (χ1v) is 11.1. The largest absolute Gasteiger partial charge is 0.489 e. The summed E-state index contributed by atoms with van der Waals surface area (Å²) in [5, 5.41) is 0. The molecular formula is C27H23N5O3. The molecule has 0 fully saturated rings. The van der Waals surface area contributed by atoms with Gasteiger partial charge in [0.15, 0.2) is 17.2 Å². The topological polar surface area (TPSA) is 116 Å². The molecule has 0 aliphatic carbocycles. The van der Waals surface area contributed by atoms with Gasteiger partial charge in [-0.2, -0.15) is 0 Å². The molecule has 5 aromatic rings. The van der Waals surface area contributed by atoms with Crippen LogP contribution >= 0.6 is 0 Å². The summed E-state index contributed by atoms with van der Waals surface area (Å²) in [5.74, 6) is 0.204. The molecule has 2 aromatic heterocycles. The van der Waals surface area contributed by atoms with Gasteiger partial charge in [-0.05, 0) is 66.9 Å². The number of primary amides is 1. The lowest BCUT2D eigenvalue weighted by atomic mass is 10.1. The molecule has 1 amide bonds. The Morgan fingerprint density at radius 3 is 2.40 bits per heavy atom. The zero-order valence-electron chi connectivity index (χ0n) is 19.3. The fourth-order valence-electron chi connectivity index (χ4n) is 3.84. The van der Waals surface area contributed by atoms with Crippen molar-refractivity contribution in [1.29, 1.82) is 0 Å². The molecule has 0 spiro atoms. The number of ether oxygens (including phenoxy) is 1. The van der Waals surface area contributed by atoms with Crippen LogP contribution in [0.4, 0.5) is 0 Å². The van der Waals surface area contributed by atoms with Crippen LogP contribution in [-0.2, 0) is 6.61 Å². The Labute approximate surface area is 201 Å². The maximum absolute atomic E-state index is 12.9. The highest BCUT2D eigenvalue weighted by atomic mass is 16.5. The van der Waals surface area contributed by atoms with Crippen LogP contribution in [0.5, 0.6) is 5.75 Å². The number of imidazole rings is 1. The number of hydrogen-bond acceptors (Lipinski definition) is 5. The standard InChI is InChI=1S/C27H23N5O3/c1-16-8-11-20(14-17(16)2)32-26-23(30-27(32)34)22(24(28)33)29-25(31-26)19-9-12-21(13-10-19)35-15-18-6-4-3-5-7-18/h3-14H,15H2,1-2H3,(H2,28,33)(H,30,34). The van der Waals surface area contributed by atoms with Crippen molar-refractivity contribution in [3.05, 3.63) is 106 Å². The third-order valence-electron chi connectivity index (χ3n) is 5.88. The Kier molecular flexibility index (Phi) is 5.62. The minimum absolute atomic E-state index is 0.0471. The first-order valence-electron chi connectivity index (χ1n) is 11.1. The van der Waals surface area contributed by atoms with Gasteiger partial charge >= 0.3 is 5.69 Å². The minimum atomic E-state index is -0.755. The monoisotopic (exact) mass is 465 g/mol. The highest BCUT2D eigenvalue weighted by Gasteiger charge is 2.20. The summed E-state index contributed by atoms with van der Waals surface area (Å²) >= 11 is 0. The summed E-state index contributed by atoms with van der Waals surface area (Å²) in [7, 11) is 0. The second-order valence-corrected chi connectivity index (χ2v) is 8.29. The smallest absolute Gasteiger partial charge is 0.332 e. The SMILES string of the molecule is Cc1ccc(-n2c(=O)[nH]c3c(C(N)=O)nc(-c4ccc(OCc5ccccc5)cc4)nc32)cc1C. The van der Waals surface area contributed by atoms with E-state index in [4.69, 9.17) is 10.5 Å². The molecule has 2 heterocycles. The van der Waals surface area contributed by atoms with Crippen molar-refractivity contribution in [2.45, 2.75) is 20.5 Å². The van der Waals surface area contributed by atoms with E-state index in [0.29, 0.717) is 23.6 Å². The Bertz CT molecular complexity index is 1600. The Hall–Kier alpha value is -4.72. The number of rotatable bonds is 6. The summed E-state index contributed by atoms with van der Waals surface area (Å²) in [5.41, 5.74) is 10.1. The Morgan fingerprint density at radius 1 is 0.971 bits per heavy atom. The van der Waals surface area contributed by atoms with E-state index < -0.39 is 11.6 Å². The van der Waals surface area contributed by atoms with Crippen molar-refractivity contribution < 1.29 is 9.53 Å². The first-order chi connectivity index (χ1) is 16.9. The van der Waals surface area contributed by atoms with Gasteiger partial charge in [-0.3, -0.25) is 4.79 Å². The molecule has 8 nitrogen and oxygen atoms in total. The van der Waals surface area contributed by atoms with Crippen LogP contribution in [0.25, 0.3) is 28.2 Å². The molecule has 0 saturated carbocycles. The summed E-state index contributed by atoms with van der Waals surface area (Å²) in [4.78, 5) is 36.8. The van der Waals surface area contributed by atoms with E-state index in [1.807, 2.05) is 74.5 Å². The van der Waals surface area contributed by atoms with E-state index in [1.54, 1.807) is 12.1 Å². The zero-order chi connectivity index (χ0) is 24.5. The van der Waals surface area contributed by atoms with Crippen molar-refractivity contribution in [2.24, 2.45) is 5.73 Å². The number of nitrogens with zero attached hydrogens (tertiary/aromatic N) is 3. The van der Waals surface area contributed by atoms with Gasteiger partial charge in [0.25, 0.3) is 5.91 Å². The predicted octanol–water partition coefficient (Wildman–Crippen LogP) is 4.07. The number of amides is 1. The molecule has 0 atom stereocenters. The van der Waals surface area contributed by atoms with Crippen LogP contribution in [0, 0.1) is 13.8 Å². The summed E-state index contributed by atoms with van der Waals surface area (Å²) in [6.45, 7) is 4.41. The highest BCUT2D eigenvalue weighted by molar-refractivity contribution is 6.02. The predicted molar refractivity (Wildman–Crippen MR) is 134 cm³/mol. The molecule has 5 rings (SSSR count).